The van der Waals surface area contributed by atoms with Crippen molar-refractivity contribution in [3.05, 3.63) is 41.5 Å². The average Bonchev–Trinajstić information content (AvgIpc) is 2.24. The van der Waals surface area contributed by atoms with E-state index in [4.69, 9.17) is 4.43 Å². The van der Waals surface area contributed by atoms with Crippen LogP contribution in [0.1, 0.15) is 37.5 Å². The van der Waals surface area contributed by atoms with Gasteiger partial charge in [-0.2, -0.15) is 0 Å². The summed E-state index contributed by atoms with van der Waals surface area (Å²) >= 11 is 0. The summed E-state index contributed by atoms with van der Waals surface area (Å²) in [4.78, 5) is 0. The van der Waals surface area contributed by atoms with Crippen LogP contribution in [0.2, 0.25) is 13.1 Å². The average molecular weight is 248 g/mol. The largest absolute Gasteiger partial charge is 0.416 e. The molecule has 0 heterocycles. The Morgan fingerprint density at radius 3 is 2.41 bits per heavy atom. The smallest absolute Gasteiger partial charge is 0.171 e. The fraction of sp³-hybridized carbons (Fsp3) is 0.467. The van der Waals surface area contributed by atoms with Gasteiger partial charge in [0.2, 0.25) is 0 Å². The molecule has 1 rings (SSSR count). The lowest BCUT2D eigenvalue weighted by molar-refractivity contribution is 0.310. The van der Waals surface area contributed by atoms with Gasteiger partial charge in [0, 0.05) is 0 Å². The molecule has 0 saturated heterocycles. The van der Waals surface area contributed by atoms with E-state index >= 15 is 0 Å². The maximum Gasteiger partial charge on any atom is 0.171 e. The molecule has 0 saturated carbocycles. The minimum atomic E-state index is -0.981. The Bertz CT molecular complexity index is 388. The second-order valence-electron chi connectivity index (χ2n) is 5.69. The van der Waals surface area contributed by atoms with Gasteiger partial charge < -0.3 is 4.43 Å². The third kappa shape index (κ3) is 3.82. The molecule has 0 aromatic heterocycles. The Morgan fingerprint density at radius 2 is 1.94 bits per heavy atom. The van der Waals surface area contributed by atoms with Crippen LogP contribution in [0.5, 0.6) is 0 Å². The van der Waals surface area contributed by atoms with Crippen LogP contribution >= 0.6 is 0 Å². The molecule has 0 aliphatic carbocycles. The molecule has 1 aromatic carbocycles. The van der Waals surface area contributed by atoms with E-state index in [1.54, 1.807) is 0 Å². The third-order valence-corrected chi connectivity index (χ3v) is 3.63. The fourth-order valence-electron chi connectivity index (χ4n) is 1.91. The molecule has 0 spiro atoms. The Kier molecular flexibility index (Phi) is 4.72. The Labute approximate surface area is 107 Å². The Morgan fingerprint density at radius 1 is 1.29 bits per heavy atom. The lowest BCUT2D eigenvalue weighted by atomic mass is 9.82. The first-order chi connectivity index (χ1) is 7.86. The first-order valence-corrected chi connectivity index (χ1v) is 9.00. The molecule has 17 heavy (non-hydrogen) atoms. The quantitative estimate of drug-likeness (QED) is 0.728. The van der Waals surface area contributed by atoms with E-state index in [0.717, 1.165) is 6.61 Å². The lowest BCUT2D eigenvalue weighted by Gasteiger charge is -2.25. The predicted molar refractivity (Wildman–Crippen MR) is 78.9 cm³/mol. The molecule has 0 amide bonds. The zero-order chi connectivity index (χ0) is 13.1. The molecular formula is C15H24OSi. The minimum absolute atomic E-state index is 0.149. The van der Waals surface area contributed by atoms with Crippen LogP contribution in [0.4, 0.5) is 0 Å². The molecule has 0 N–H and O–H groups in total. The van der Waals surface area contributed by atoms with Crippen molar-refractivity contribution in [2.45, 2.75) is 45.9 Å². The van der Waals surface area contributed by atoms with E-state index in [-0.39, 0.29) is 5.41 Å². The highest BCUT2D eigenvalue weighted by Gasteiger charge is 2.19. The summed E-state index contributed by atoms with van der Waals surface area (Å²) in [6.07, 6.45) is 1.93. The summed E-state index contributed by atoms with van der Waals surface area (Å²) in [5.41, 5.74) is 4.02. The van der Waals surface area contributed by atoms with Crippen LogP contribution in [0.15, 0.2) is 24.8 Å². The van der Waals surface area contributed by atoms with Gasteiger partial charge >= 0.3 is 0 Å². The topological polar surface area (TPSA) is 9.23 Å². The van der Waals surface area contributed by atoms with Gasteiger partial charge in [-0.3, -0.25) is 0 Å². The maximum absolute atomic E-state index is 5.90. The molecule has 0 aliphatic rings. The Balaban J connectivity index is 3.16. The van der Waals surface area contributed by atoms with Crippen LogP contribution in [-0.4, -0.2) is 9.04 Å². The number of hydrogen-bond donors (Lipinski definition) is 0. The van der Waals surface area contributed by atoms with Crippen molar-refractivity contribution in [3.8, 4) is 0 Å². The maximum atomic E-state index is 5.90. The molecule has 0 radical (unpaired) electrons. The van der Waals surface area contributed by atoms with Crippen molar-refractivity contribution >= 4 is 15.1 Å². The first-order valence-electron chi connectivity index (χ1n) is 6.22. The monoisotopic (exact) mass is 248 g/mol. The number of hydrogen-bond acceptors (Lipinski definition) is 1. The van der Waals surface area contributed by atoms with Crippen molar-refractivity contribution in [1.82, 2.24) is 0 Å². The normalized spacial score (nSPS) is 11.9. The summed E-state index contributed by atoms with van der Waals surface area (Å²) < 4.78 is 5.90. The highest BCUT2D eigenvalue weighted by atomic mass is 28.3. The van der Waals surface area contributed by atoms with Crippen molar-refractivity contribution in [2.75, 3.05) is 0 Å². The van der Waals surface area contributed by atoms with Gasteiger partial charge in [0.15, 0.2) is 9.04 Å². The third-order valence-electron chi connectivity index (χ3n) is 2.80. The molecule has 2 heteroatoms. The van der Waals surface area contributed by atoms with Crippen LogP contribution in [0.3, 0.4) is 0 Å². The summed E-state index contributed by atoms with van der Waals surface area (Å²) in [5, 5.41) is 0. The summed E-state index contributed by atoms with van der Waals surface area (Å²) in [6, 6.07) is 6.42. The standard InChI is InChI=1S/C15H24OSi/c1-7-12-9-8-10-14(15(2,3)4)13(12)11-16-17(5)6/h7-10,17H,1,11H2,2-6H3. The molecule has 0 bridgehead atoms. The van der Waals surface area contributed by atoms with Gasteiger partial charge in [0.05, 0.1) is 6.61 Å². The van der Waals surface area contributed by atoms with Crippen molar-refractivity contribution in [3.63, 3.8) is 0 Å². The molecular weight excluding hydrogens is 224 g/mol. The fourth-order valence-corrected chi connectivity index (χ4v) is 2.41. The number of rotatable bonds is 4. The van der Waals surface area contributed by atoms with Crippen LogP contribution in [0.25, 0.3) is 6.08 Å². The summed E-state index contributed by atoms with van der Waals surface area (Å²) in [5.74, 6) is 0. The molecule has 0 fully saturated rings. The van der Waals surface area contributed by atoms with Crippen molar-refractivity contribution < 1.29 is 4.43 Å². The van der Waals surface area contributed by atoms with E-state index in [1.165, 1.54) is 16.7 Å². The highest BCUT2D eigenvalue weighted by Crippen LogP contribution is 2.29. The van der Waals surface area contributed by atoms with Crippen LogP contribution in [-0.2, 0) is 16.4 Å². The van der Waals surface area contributed by atoms with E-state index in [2.05, 4.69) is 58.6 Å². The zero-order valence-corrected chi connectivity index (χ0v) is 12.9. The van der Waals surface area contributed by atoms with Gasteiger partial charge in [0.1, 0.15) is 0 Å². The summed E-state index contributed by atoms with van der Waals surface area (Å²) in [6.45, 7) is 15.7. The Hall–Kier alpha value is -0.863. The van der Waals surface area contributed by atoms with Crippen LogP contribution in [0, 0.1) is 0 Å². The van der Waals surface area contributed by atoms with Gasteiger partial charge in [-0.15, -0.1) is 0 Å². The number of benzene rings is 1. The molecule has 0 unspecified atom stereocenters. The second kappa shape index (κ2) is 5.65. The predicted octanol–water partition coefficient (Wildman–Crippen LogP) is 4.13. The van der Waals surface area contributed by atoms with Crippen molar-refractivity contribution in [2.24, 2.45) is 0 Å². The van der Waals surface area contributed by atoms with Crippen LogP contribution < -0.4 is 0 Å². The second-order valence-corrected chi connectivity index (χ2v) is 8.12. The van der Waals surface area contributed by atoms with Gasteiger partial charge in [0.25, 0.3) is 0 Å². The molecule has 1 aromatic rings. The molecule has 0 aliphatic heterocycles. The van der Waals surface area contributed by atoms with Crippen molar-refractivity contribution in [1.29, 1.82) is 0 Å². The molecule has 0 atom stereocenters. The lowest BCUT2D eigenvalue weighted by Crippen LogP contribution is -2.17. The van der Waals surface area contributed by atoms with E-state index < -0.39 is 9.04 Å². The summed E-state index contributed by atoms with van der Waals surface area (Å²) in [7, 11) is -0.981. The van der Waals surface area contributed by atoms with E-state index in [1.807, 2.05) is 6.08 Å². The van der Waals surface area contributed by atoms with E-state index in [9.17, 15) is 0 Å². The first kappa shape index (κ1) is 14.2. The van der Waals surface area contributed by atoms with Gasteiger partial charge in [-0.05, 0) is 35.2 Å². The SMILES string of the molecule is C=Cc1cccc(C(C)(C)C)c1CO[SiH](C)C. The minimum Gasteiger partial charge on any atom is -0.416 e. The van der Waals surface area contributed by atoms with Gasteiger partial charge in [-0.25, -0.2) is 0 Å². The van der Waals surface area contributed by atoms with Gasteiger partial charge in [-0.1, -0.05) is 51.6 Å². The zero-order valence-electron chi connectivity index (χ0n) is 11.7. The molecule has 94 valence electrons. The molecule has 1 nitrogen and oxygen atoms in total. The highest BCUT2D eigenvalue weighted by molar-refractivity contribution is 6.48. The van der Waals surface area contributed by atoms with E-state index in [0.29, 0.717) is 0 Å².